The molecule has 9 heteroatoms. The molecule has 1 fully saturated rings. The number of nitrogens with zero attached hydrogens (tertiary/aromatic N) is 1. The largest absolute Gasteiger partial charge is 0.462 e. The van der Waals surface area contributed by atoms with Crippen molar-refractivity contribution in [2.45, 2.75) is 25.6 Å². The fourth-order valence-electron chi connectivity index (χ4n) is 2.59. The summed E-state index contributed by atoms with van der Waals surface area (Å²) < 4.78 is 60.7. The number of esters is 1. The lowest BCUT2D eigenvalue weighted by atomic mass is 10.1. The lowest BCUT2D eigenvalue weighted by Crippen LogP contribution is -2.23. The first-order valence-electron chi connectivity index (χ1n) is 7.11. The zero-order chi connectivity index (χ0) is 17.8. The maximum Gasteiger partial charge on any atom is 0.343 e. The first kappa shape index (κ1) is 16.3. The molecule has 0 spiro atoms. The number of rotatable bonds is 3. The van der Waals surface area contributed by atoms with Crippen molar-refractivity contribution in [3.05, 3.63) is 39.4 Å². The number of halogens is 4. The summed E-state index contributed by atoms with van der Waals surface area (Å²) >= 11 is 0. The van der Waals surface area contributed by atoms with Crippen LogP contribution in [0.4, 0.5) is 23.2 Å². The lowest BCUT2D eigenvalue weighted by molar-refractivity contribution is 0.0524. The van der Waals surface area contributed by atoms with E-state index in [9.17, 15) is 27.2 Å². The van der Waals surface area contributed by atoms with Gasteiger partial charge in [-0.3, -0.25) is 4.79 Å². The Kier molecular flexibility index (Phi) is 3.73. The second-order valence-electron chi connectivity index (χ2n) is 5.40. The SMILES string of the molecule is CCOC(=O)c1cn(C2CC2F)c2c(F)c(F)c(F)c(N)c2c1=O. The number of hydrogen-bond donors (Lipinski definition) is 1. The third kappa shape index (κ3) is 2.22. The summed E-state index contributed by atoms with van der Waals surface area (Å²) in [6.07, 6.45) is -0.481. The number of benzene rings is 1. The van der Waals surface area contributed by atoms with Crippen molar-refractivity contribution < 1.29 is 27.1 Å². The molecule has 0 saturated heterocycles. The van der Waals surface area contributed by atoms with Crippen molar-refractivity contribution in [2.75, 3.05) is 12.3 Å². The van der Waals surface area contributed by atoms with E-state index >= 15 is 0 Å². The molecule has 128 valence electrons. The minimum Gasteiger partial charge on any atom is -0.462 e. The molecular weight excluding hydrogens is 332 g/mol. The van der Waals surface area contributed by atoms with Crippen LogP contribution in [0.5, 0.6) is 0 Å². The summed E-state index contributed by atoms with van der Waals surface area (Å²) in [5.41, 5.74) is 2.14. The van der Waals surface area contributed by atoms with Crippen molar-refractivity contribution in [1.29, 1.82) is 0 Å². The molecule has 24 heavy (non-hydrogen) atoms. The first-order chi connectivity index (χ1) is 11.3. The van der Waals surface area contributed by atoms with Gasteiger partial charge in [0.15, 0.2) is 17.5 Å². The number of carbonyl (C=O) groups is 1. The van der Waals surface area contributed by atoms with Gasteiger partial charge >= 0.3 is 5.97 Å². The third-order valence-electron chi connectivity index (χ3n) is 3.87. The number of nitrogens with two attached hydrogens (primary N) is 1. The van der Waals surface area contributed by atoms with E-state index < -0.39 is 63.2 Å². The Morgan fingerprint density at radius 1 is 1.33 bits per heavy atom. The van der Waals surface area contributed by atoms with Gasteiger partial charge in [-0.25, -0.2) is 22.4 Å². The molecule has 1 aliphatic carbocycles. The molecule has 1 aromatic heterocycles. The number of carbonyl (C=O) groups excluding carboxylic acids is 1. The molecule has 2 unspecified atom stereocenters. The van der Waals surface area contributed by atoms with E-state index in [-0.39, 0.29) is 13.0 Å². The van der Waals surface area contributed by atoms with E-state index in [1.807, 2.05) is 0 Å². The van der Waals surface area contributed by atoms with Crippen LogP contribution in [0.3, 0.4) is 0 Å². The molecule has 1 saturated carbocycles. The second-order valence-corrected chi connectivity index (χ2v) is 5.40. The number of hydrogen-bond acceptors (Lipinski definition) is 4. The molecule has 2 N–H and O–H groups in total. The van der Waals surface area contributed by atoms with E-state index in [0.717, 1.165) is 10.8 Å². The number of nitrogen functional groups attached to an aromatic ring is 1. The summed E-state index contributed by atoms with van der Waals surface area (Å²) in [5, 5.41) is -0.712. The number of ether oxygens (including phenoxy) is 1. The molecule has 1 aromatic carbocycles. The van der Waals surface area contributed by atoms with Gasteiger partial charge < -0.3 is 15.0 Å². The monoisotopic (exact) mass is 344 g/mol. The predicted octanol–water partition coefficient (Wildman–Crippen LogP) is 2.46. The van der Waals surface area contributed by atoms with Crippen LogP contribution in [0.1, 0.15) is 29.7 Å². The molecule has 0 radical (unpaired) electrons. The van der Waals surface area contributed by atoms with Crippen LogP contribution in [0.2, 0.25) is 0 Å². The molecule has 3 rings (SSSR count). The normalized spacial score (nSPS) is 19.5. The van der Waals surface area contributed by atoms with Gasteiger partial charge in [0.05, 0.1) is 29.2 Å². The summed E-state index contributed by atoms with van der Waals surface area (Å²) in [4.78, 5) is 24.3. The highest BCUT2D eigenvalue weighted by atomic mass is 19.2. The Labute approximate surface area is 132 Å². The average Bonchev–Trinajstić information content (AvgIpc) is 3.27. The van der Waals surface area contributed by atoms with Crippen molar-refractivity contribution >= 4 is 22.6 Å². The van der Waals surface area contributed by atoms with Gasteiger partial charge in [0, 0.05) is 12.6 Å². The smallest absolute Gasteiger partial charge is 0.343 e. The number of fused-ring (bicyclic) bond motifs is 1. The topological polar surface area (TPSA) is 74.3 Å². The van der Waals surface area contributed by atoms with E-state index in [1.54, 1.807) is 0 Å². The van der Waals surface area contributed by atoms with Gasteiger partial charge in [-0.15, -0.1) is 0 Å². The summed E-state index contributed by atoms with van der Waals surface area (Å²) in [6, 6.07) is -0.903. The highest BCUT2D eigenvalue weighted by Crippen LogP contribution is 2.42. The number of aromatic nitrogens is 1. The van der Waals surface area contributed by atoms with Gasteiger partial charge in [0.1, 0.15) is 11.7 Å². The Balaban J connectivity index is 2.45. The zero-order valence-corrected chi connectivity index (χ0v) is 12.4. The Morgan fingerprint density at radius 2 is 1.96 bits per heavy atom. The molecule has 1 heterocycles. The molecule has 0 aliphatic heterocycles. The summed E-state index contributed by atoms with van der Waals surface area (Å²) in [7, 11) is 0. The van der Waals surface area contributed by atoms with Crippen LogP contribution in [0, 0.1) is 17.5 Å². The van der Waals surface area contributed by atoms with E-state index in [4.69, 9.17) is 10.5 Å². The van der Waals surface area contributed by atoms with Crippen LogP contribution in [-0.2, 0) is 4.74 Å². The number of anilines is 1. The van der Waals surface area contributed by atoms with Crippen molar-refractivity contribution in [2.24, 2.45) is 0 Å². The minimum absolute atomic E-state index is 0.0153. The summed E-state index contributed by atoms with van der Waals surface area (Å²) in [6.45, 7) is 1.45. The van der Waals surface area contributed by atoms with Crippen LogP contribution in [0.25, 0.3) is 10.9 Å². The lowest BCUT2D eigenvalue weighted by Gasteiger charge is -2.15. The quantitative estimate of drug-likeness (QED) is 0.402. The Hall–Kier alpha value is -2.58. The molecule has 1 aliphatic rings. The number of alkyl halides is 1. The van der Waals surface area contributed by atoms with E-state index in [0.29, 0.717) is 0 Å². The second kappa shape index (κ2) is 5.50. The standard InChI is InChI=1S/C15H12F4N2O3/c1-2-24-15(23)5-4-21(7-3-6(7)16)13-8(14(5)22)12(20)10(18)9(17)11(13)19/h4,6-7H,2-3,20H2,1H3. The first-order valence-corrected chi connectivity index (χ1v) is 7.11. The molecule has 0 bridgehead atoms. The van der Waals surface area contributed by atoms with Crippen LogP contribution in [0.15, 0.2) is 11.0 Å². The van der Waals surface area contributed by atoms with E-state index in [1.165, 1.54) is 6.92 Å². The van der Waals surface area contributed by atoms with Gasteiger partial charge in [-0.05, 0) is 6.92 Å². The van der Waals surface area contributed by atoms with Gasteiger partial charge in [0.25, 0.3) is 0 Å². The minimum atomic E-state index is -1.87. The van der Waals surface area contributed by atoms with Crippen molar-refractivity contribution in [1.82, 2.24) is 4.57 Å². The molecule has 5 nitrogen and oxygen atoms in total. The molecule has 2 atom stereocenters. The Bertz CT molecular complexity index is 926. The van der Waals surface area contributed by atoms with Gasteiger partial charge in [0.2, 0.25) is 5.43 Å². The fraction of sp³-hybridized carbons (Fsp3) is 0.333. The van der Waals surface area contributed by atoms with Crippen LogP contribution < -0.4 is 11.2 Å². The van der Waals surface area contributed by atoms with Crippen molar-refractivity contribution in [3.63, 3.8) is 0 Å². The average molecular weight is 344 g/mol. The van der Waals surface area contributed by atoms with Crippen LogP contribution in [-0.4, -0.2) is 23.3 Å². The molecular formula is C15H12F4N2O3. The van der Waals surface area contributed by atoms with Gasteiger partial charge in [-0.1, -0.05) is 0 Å². The molecule has 0 amide bonds. The highest BCUT2D eigenvalue weighted by Gasteiger charge is 2.41. The maximum absolute atomic E-state index is 14.2. The summed E-state index contributed by atoms with van der Waals surface area (Å²) in [5.74, 6) is -6.31. The number of pyridine rings is 1. The van der Waals surface area contributed by atoms with Gasteiger partial charge in [-0.2, -0.15) is 0 Å². The zero-order valence-electron chi connectivity index (χ0n) is 12.4. The van der Waals surface area contributed by atoms with Crippen molar-refractivity contribution in [3.8, 4) is 0 Å². The maximum atomic E-state index is 14.2. The third-order valence-corrected chi connectivity index (χ3v) is 3.87. The molecule has 2 aromatic rings. The van der Waals surface area contributed by atoms with E-state index in [2.05, 4.69) is 0 Å². The fourth-order valence-corrected chi connectivity index (χ4v) is 2.59. The van der Waals surface area contributed by atoms with Crippen LogP contribution >= 0.6 is 0 Å². The predicted molar refractivity (Wildman–Crippen MR) is 77.0 cm³/mol. The Morgan fingerprint density at radius 3 is 2.50 bits per heavy atom. The highest BCUT2D eigenvalue weighted by molar-refractivity contribution is 5.98.